The second-order valence-electron chi connectivity index (χ2n) is 7.70. The highest BCUT2D eigenvalue weighted by molar-refractivity contribution is 6.05. The summed E-state index contributed by atoms with van der Waals surface area (Å²) in [6.45, 7) is 8.13. The lowest BCUT2D eigenvalue weighted by molar-refractivity contribution is 0.0459. The van der Waals surface area contributed by atoms with Gasteiger partial charge in [0.05, 0.1) is 12.2 Å². The van der Waals surface area contributed by atoms with Crippen molar-refractivity contribution in [2.75, 3.05) is 17.2 Å². The Kier molecular flexibility index (Phi) is 6.97. The van der Waals surface area contributed by atoms with Crippen LogP contribution in [0.15, 0.2) is 54.6 Å². The van der Waals surface area contributed by atoms with Crippen LogP contribution in [-0.4, -0.2) is 28.5 Å². The fourth-order valence-electron chi connectivity index (χ4n) is 2.87. The van der Waals surface area contributed by atoms with Crippen molar-refractivity contribution in [2.45, 2.75) is 27.7 Å². The summed E-state index contributed by atoms with van der Waals surface area (Å²) in [5.74, 6) is 0.114. The zero-order valence-electron chi connectivity index (χ0n) is 18.1. The molecule has 3 aromatic rings. The van der Waals surface area contributed by atoms with E-state index in [4.69, 9.17) is 4.74 Å². The van der Waals surface area contributed by atoms with E-state index in [0.717, 1.165) is 11.4 Å². The van der Waals surface area contributed by atoms with Crippen molar-refractivity contribution >= 4 is 29.2 Å². The number of carbonyl (C=O) groups is 2. The number of anilines is 3. The van der Waals surface area contributed by atoms with Gasteiger partial charge in [0, 0.05) is 28.3 Å². The molecule has 7 heteroatoms. The average molecular weight is 418 g/mol. The SMILES string of the molecule is Cc1cc(C)nc(Nc2cccc(C(=O)Nc3ccc(C(=O)OCC(C)C)cc3)c2)n1. The molecule has 1 amide bonds. The molecule has 160 valence electrons. The van der Waals surface area contributed by atoms with E-state index < -0.39 is 0 Å². The molecule has 2 N–H and O–H groups in total. The van der Waals surface area contributed by atoms with Crippen molar-refractivity contribution in [2.24, 2.45) is 5.92 Å². The van der Waals surface area contributed by atoms with Gasteiger partial charge in [0.2, 0.25) is 5.95 Å². The summed E-state index contributed by atoms with van der Waals surface area (Å²) in [4.78, 5) is 33.4. The van der Waals surface area contributed by atoms with Crippen molar-refractivity contribution < 1.29 is 14.3 Å². The number of carbonyl (C=O) groups excluding carboxylic acids is 2. The first kappa shape index (κ1) is 22.0. The fraction of sp³-hybridized carbons (Fsp3) is 0.250. The van der Waals surface area contributed by atoms with Crippen LogP contribution in [0.4, 0.5) is 17.3 Å². The molecular formula is C24H26N4O3. The molecule has 0 atom stereocenters. The average Bonchev–Trinajstić information content (AvgIpc) is 2.72. The first-order chi connectivity index (χ1) is 14.8. The van der Waals surface area contributed by atoms with Gasteiger partial charge in [-0.2, -0.15) is 0 Å². The molecule has 0 unspecified atom stereocenters. The Balaban J connectivity index is 1.65. The standard InChI is InChI=1S/C24H26N4O3/c1-15(2)14-31-23(30)18-8-10-20(11-9-18)27-22(29)19-6-5-7-21(13-19)28-24-25-16(3)12-17(4)26-24/h5-13,15H,14H2,1-4H3,(H,27,29)(H,25,26,28). The first-order valence-electron chi connectivity index (χ1n) is 10.1. The van der Waals surface area contributed by atoms with E-state index in [0.29, 0.717) is 35.1 Å². The maximum atomic E-state index is 12.7. The molecule has 0 bridgehead atoms. The topological polar surface area (TPSA) is 93.2 Å². The maximum Gasteiger partial charge on any atom is 0.338 e. The van der Waals surface area contributed by atoms with Gasteiger partial charge in [0.1, 0.15) is 0 Å². The number of nitrogens with zero attached hydrogens (tertiary/aromatic N) is 2. The minimum absolute atomic E-state index is 0.264. The summed E-state index contributed by atoms with van der Waals surface area (Å²) >= 11 is 0. The van der Waals surface area contributed by atoms with E-state index in [1.165, 1.54) is 0 Å². The summed E-state index contributed by atoms with van der Waals surface area (Å²) in [7, 11) is 0. The van der Waals surface area contributed by atoms with Gasteiger partial charge in [-0.25, -0.2) is 14.8 Å². The van der Waals surface area contributed by atoms with Crippen molar-refractivity contribution in [3.8, 4) is 0 Å². The third-order valence-corrected chi connectivity index (χ3v) is 4.29. The minimum atomic E-state index is -0.376. The van der Waals surface area contributed by atoms with Crippen LogP contribution in [-0.2, 0) is 4.74 Å². The number of hydrogen-bond acceptors (Lipinski definition) is 6. The Bertz CT molecular complexity index is 1060. The molecule has 0 radical (unpaired) electrons. The van der Waals surface area contributed by atoms with Crippen LogP contribution in [0, 0.1) is 19.8 Å². The molecule has 31 heavy (non-hydrogen) atoms. The van der Waals surface area contributed by atoms with Crippen LogP contribution in [0.5, 0.6) is 0 Å². The molecule has 0 aliphatic heterocycles. The highest BCUT2D eigenvalue weighted by Crippen LogP contribution is 2.18. The quantitative estimate of drug-likeness (QED) is 0.530. The van der Waals surface area contributed by atoms with Gasteiger partial charge in [-0.3, -0.25) is 4.79 Å². The lowest BCUT2D eigenvalue weighted by atomic mass is 10.1. The number of ether oxygens (including phenoxy) is 1. The van der Waals surface area contributed by atoms with E-state index >= 15 is 0 Å². The molecule has 1 aromatic heterocycles. The van der Waals surface area contributed by atoms with E-state index in [-0.39, 0.29) is 17.8 Å². The van der Waals surface area contributed by atoms with Crippen molar-refractivity contribution in [1.29, 1.82) is 0 Å². The van der Waals surface area contributed by atoms with Gasteiger partial charge in [0.25, 0.3) is 5.91 Å². The zero-order chi connectivity index (χ0) is 22.4. The van der Waals surface area contributed by atoms with Crippen molar-refractivity contribution in [3.05, 3.63) is 77.1 Å². The summed E-state index contributed by atoms with van der Waals surface area (Å²) in [5.41, 5.74) is 3.94. The molecular weight excluding hydrogens is 392 g/mol. The monoisotopic (exact) mass is 418 g/mol. The lowest BCUT2D eigenvalue weighted by Gasteiger charge is -2.10. The van der Waals surface area contributed by atoms with E-state index in [9.17, 15) is 9.59 Å². The zero-order valence-corrected chi connectivity index (χ0v) is 18.1. The van der Waals surface area contributed by atoms with Gasteiger partial charge in [-0.05, 0) is 68.3 Å². The number of aryl methyl sites for hydroxylation is 2. The Morgan fingerprint density at radius 2 is 1.58 bits per heavy atom. The lowest BCUT2D eigenvalue weighted by Crippen LogP contribution is -2.13. The van der Waals surface area contributed by atoms with Gasteiger partial charge < -0.3 is 15.4 Å². The summed E-state index contributed by atoms with van der Waals surface area (Å²) in [6, 6.07) is 15.6. The number of nitrogens with one attached hydrogen (secondary N) is 2. The predicted octanol–water partition coefficient (Wildman–Crippen LogP) is 4.90. The van der Waals surface area contributed by atoms with Gasteiger partial charge in [-0.15, -0.1) is 0 Å². The van der Waals surface area contributed by atoms with Crippen molar-refractivity contribution in [3.63, 3.8) is 0 Å². The first-order valence-corrected chi connectivity index (χ1v) is 10.1. The highest BCUT2D eigenvalue weighted by atomic mass is 16.5. The van der Waals surface area contributed by atoms with E-state index in [1.807, 2.05) is 39.8 Å². The van der Waals surface area contributed by atoms with Crippen LogP contribution in [0.2, 0.25) is 0 Å². The molecule has 0 aliphatic carbocycles. The Hall–Kier alpha value is -3.74. The number of aromatic nitrogens is 2. The predicted molar refractivity (Wildman–Crippen MR) is 121 cm³/mol. The number of amides is 1. The number of esters is 1. The molecule has 0 spiro atoms. The number of hydrogen-bond donors (Lipinski definition) is 2. The van der Waals surface area contributed by atoms with Crippen LogP contribution in [0.3, 0.4) is 0 Å². The van der Waals surface area contributed by atoms with Crippen LogP contribution in [0.25, 0.3) is 0 Å². The molecule has 1 heterocycles. The van der Waals surface area contributed by atoms with Crippen LogP contribution >= 0.6 is 0 Å². The Morgan fingerprint density at radius 3 is 2.23 bits per heavy atom. The molecule has 0 saturated heterocycles. The number of benzene rings is 2. The largest absolute Gasteiger partial charge is 0.462 e. The van der Waals surface area contributed by atoms with E-state index in [1.54, 1.807) is 42.5 Å². The maximum absolute atomic E-state index is 12.7. The van der Waals surface area contributed by atoms with Crippen LogP contribution < -0.4 is 10.6 Å². The molecule has 0 saturated carbocycles. The second-order valence-corrected chi connectivity index (χ2v) is 7.70. The molecule has 0 aliphatic rings. The van der Waals surface area contributed by atoms with E-state index in [2.05, 4.69) is 20.6 Å². The van der Waals surface area contributed by atoms with Gasteiger partial charge >= 0.3 is 5.97 Å². The summed E-state index contributed by atoms with van der Waals surface area (Å²) < 4.78 is 5.21. The third-order valence-electron chi connectivity index (χ3n) is 4.29. The summed E-state index contributed by atoms with van der Waals surface area (Å²) in [5, 5.41) is 5.96. The third kappa shape index (κ3) is 6.37. The molecule has 2 aromatic carbocycles. The molecule has 3 rings (SSSR count). The van der Waals surface area contributed by atoms with Gasteiger partial charge in [0.15, 0.2) is 0 Å². The number of rotatable bonds is 7. The van der Waals surface area contributed by atoms with Gasteiger partial charge in [-0.1, -0.05) is 19.9 Å². The Morgan fingerprint density at radius 1 is 0.903 bits per heavy atom. The van der Waals surface area contributed by atoms with Crippen molar-refractivity contribution in [1.82, 2.24) is 9.97 Å². The fourth-order valence-corrected chi connectivity index (χ4v) is 2.87. The Labute approximate surface area is 181 Å². The summed E-state index contributed by atoms with van der Waals surface area (Å²) in [6.07, 6.45) is 0. The minimum Gasteiger partial charge on any atom is -0.462 e. The molecule has 7 nitrogen and oxygen atoms in total. The van der Waals surface area contributed by atoms with Crippen LogP contribution in [0.1, 0.15) is 46.0 Å². The highest BCUT2D eigenvalue weighted by Gasteiger charge is 2.11. The normalized spacial score (nSPS) is 10.6. The second kappa shape index (κ2) is 9.84. The smallest absolute Gasteiger partial charge is 0.338 e. The molecule has 0 fully saturated rings.